The Morgan fingerprint density at radius 1 is 0.861 bits per heavy atom. The molecular weight excluding hydrogens is 474 g/mol. The van der Waals surface area contributed by atoms with E-state index < -0.39 is 18.6 Å². The Balaban J connectivity index is 1.84. The normalized spacial score (nSPS) is 12.4. The second-order valence-corrected chi connectivity index (χ2v) is 8.54. The number of alkyl halides is 4. The van der Waals surface area contributed by atoms with Crippen LogP contribution in [0.2, 0.25) is 0 Å². The highest BCUT2D eigenvalue weighted by Gasteiger charge is 2.44. The molecule has 0 heterocycles. The lowest BCUT2D eigenvalue weighted by Crippen LogP contribution is -2.33. The Bertz CT molecular complexity index is 1110. The number of aliphatic hydroxyl groups excluding tert-OH is 1. The van der Waals surface area contributed by atoms with E-state index in [1.54, 1.807) is 6.07 Å². The third-order valence-corrected chi connectivity index (χ3v) is 5.56. The second kappa shape index (κ2) is 12.6. The molecule has 3 aromatic carbocycles. The van der Waals surface area contributed by atoms with Gasteiger partial charge in [-0.3, -0.25) is 0 Å². The van der Waals surface area contributed by atoms with Crippen molar-refractivity contribution in [1.29, 1.82) is 0 Å². The fraction of sp³-hybridized carbons (Fsp3) is 0.357. The largest absolute Gasteiger partial charge is 0.461 e. The summed E-state index contributed by atoms with van der Waals surface area (Å²) in [5.74, 6) is 0.943. The smallest absolute Gasteiger partial charge is 0.457 e. The van der Waals surface area contributed by atoms with Crippen LogP contribution in [0.3, 0.4) is 0 Å². The Morgan fingerprint density at radius 2 is 1.47 bits per heavy atom. The van der Waals surface area contributed by atoms with Gasteiger partial charge in [0.2, 0.25) is 0 Å². The van der Waals surface area contributed by atoms with Gasteiger partial charge in [0.15, 0.2) is 0 Å². The number of halogens is 4. The average Bonchev–Trinajstić information content (AvgIpc) is 2.84. The van der Waals surface area contributed by atoms with Crippen molar-refractivity contribution in [1.82, 2.24) is 0 Å². The second-order valence-electron chi connectivity index (χ2n) is 8.54. The number of hydrogen-bond acceptors (Lipinski definition) is 4. The van der Waals surface area contributed by atoms with Crippen molar-refractivity contribution in [2.45, 2.75) is 58.3 Å². The molecule has 0 radical (unpaired) electrons. The number of hydrogen-bond donors (Lipinski definition) is 1. The first kappa shape index (κ1) is 27.3. The molecule has 0 aliphatic carbocycles. The zero-order valence-corrected chi connectivity index (χ0v) is 20.3. The summed E-state index contributed by atoms with van der Waals surface area (Å²) in [6.45, 7) is 4.54. The first-order valence-electron chi connectivity index (χ1n) is 11.9. The Labute approximate surface area is 209 Å². The third kappa shape index (κ3) is 7.88. The average molecular weight is 506 g/mol. The maximum atomic E-state index is 13.4. The van der Waals surface area contributed by atoms with Crippen LogP contribution in [0, 0.1) is 0 Å². The van der Waals surface area contributed by atoms with Gasteiger partial charge in [0.1, 0.15) is 17.2 Å². The van der Waals surface area contributed by atoms with Crippen LogP contribution in [0.1, 0.15) is 37.8 Å². The molecule has 0 aromatic heterocycles. The fourth-order valence-corrected chi connectivity index (χ4v) is 3.78. The molecule has 0 bridgehead atoms. The minimum atomic E-state index is -4.59. The van der Waals surface area contributed by atoms with Crippen LogP contribution in [0.15, 0.2) is 72.8 Å². The van der Waals surface area contributed by atoms with Gasteiger partial charge in [0, 0.05) is 24.8 Å². The van der Waals surface area contributed by atoms with Gasteiger partial charge >= 0.3 is 12.5 Å². The van der Waals surface area contributed by atoms with Crippen LogP contribution in [-0.2, 0) is 13.0 Å². The molecule has 0 aliphatic heterocycles. The van der Waals surface area contributed by atoms with E-state index in [-0.39, 0.29) is 18.8 Å². The maximum Gasteiger partial charge on any atom is 0.461 e. The lowest BCUT2D eigenvalue weighted by atomic mass is 10.1. The van der Waals surface area contributed by atoms with Crippen molar-refractivity contribution in [2.75, 3.05) is 11.4 Å². The van der Waals surface area contributed by atoms with Crippen LogP contribution in [-0.4, -0.2) is 30.3 Å². The quantitative estimate of drug-likeness (QED) is 0.245. The van der Waals surface area contributed by atoms with Gasteiger partial charge < -0.3 is 19.5 Å². The lowest BCUT2D eigenvalue weighted by Gasteiger charge is -2.28. The highest BCUT2D eigenvalue weighted by atomic mass is 19.3. The van der Waals surface area contributed by atoms with E-state index in [1.807, 2.05) is 60.4 Å². The van der Waals surface area contributed by atoms with Gasteiger partial charge in [0.25, 0.3) is 0 Å². The Hall–Kier alpha value is -3.26. The topological polar surface area (TPSA) is 41.9 Å². The highest BCUT2D eigenvalue weighted by Crippen LogP contribution is 2.30. The van der Waals surface area contributed by atoms with Crippen molar-refractivity contribution in [3.05, 3.63) is 83.9 Å². The summed E-state index contributed by atoms with van der Waals surface area (Å²) >= 11 is 0. The number of benzene rings is 3. The molecule has 1 unspecified atom stereocenters. The van der Waals surface area contributed by atoms with Crippen LogP contribution < -0.4 is 14.4 Å². The molecule has 0 saturated heterocycles. The molecule has 3 rings (SSSR count). The molecule has 8 heteroatoms. The molecule has 0 amide bonds. The standard InChI is InChI=1S/C28H31F4NO3/c1-3-8-23(34)19-33(18-21-10-6-14-26(16-21)36-28(31,32)27(29)30)22-11-7-13-25(17-22)35-24-12-5-9-20(4-2)15-24/h5-7,9-17,23,27,34H,3-4,8,18-19H2,1-2H3. The van der Waals surface area contributed by atoms with E-state index in [0.29, 0.717) is 23.5 Å². The molecule has 1 atom stereocenters. The molecular formula is C28H31F4NO3. The Kier molecular flexibility index (Phi) is 9.58. The predicted octanol–water partition coefficient (Wildman–Crippen LogP) is 7.45. The molecule has 36 heavy (non-hydrogen) atoms. The van der Waals surface area contributed by atoms with Gasteiger partial charge in [-0.25, -0.2) is 0 Å². The van der Waals surface area contributed by atoms with Crippen LogP contribution >= 0.6 is 0 Å². The number of rotatable bonds is 13. The molecule has 0 spiro atoms. The van der Waals surface area contributed by atoms with Crippen LogP contribution in [0.5, 0.6) is 17.2 Å². The maximum absolute atomic E-state index is 13.4. The fourth-order valence-electron chi connectivity index (χ4n) is 3.78. The first-order chi connectivity index (χ1) is 17.2. The number of aliphatic hydroxyl groups is 1. The summed E-state index contributed by atoms with van der Waals surface area (Å²) in [5.41, 5.74) is 2.45. The molecule has 0 aliphatic rings. The number of anilines is 1. The zero-order valence-electron chi connectivity index (χ0n) is 20.3. The summed E-state index contributed by atoms with van der Waals surface area (Å²) in [6.07, 6.45) is -6.90. The minimum absolute atomic E-state index is 0.229. The summed E-state index contributed by atoms with van der Waals surface area (Å²) < 4.78 is 62.2. The van der Waals surface area contributed by atoms with Crippen molar-refractivity contribution in [2.24, 2.45) is 0 Å². The predicted molar refractivity (Wildman–Crippen MR) is 132 cm³/mol. The highest BCUT2D eigenvalue weighted by molar-refractivity contribution is 5.52. The molecule has 0 saturated carbocycles. The third-order valence-electron chi connectivity index (χ3n) is 5.56. The summed E-state index contributed by atoms with van der Waals surface area (Å²) in [7, 11) is 0. The van der Waals surface area contributed by atoms with E-state index in [9.17, 15) is 22.7 Å². The van der Waals surface area contributed by atoms with E-state index in [1.165, 1.54) is 18.2 Å². The van der Waals surface area contributed by atoms with Gasteiger partial charge in [-0.05, 0) is 60.4 Å². The Morgan fingerprint density at radius 3 is 2.14 bits per heavy atom. The van der Waals surface area contributed by atoms with Crippen LogP contribution in [0.25, 0.3) is 0 Å². The molecule has 4 nitrogen and oxygen atoms in total. The molecule has 0 fully saturated rings. The number of aryl methyl sites for hydroxylation is 1. The van der Waals surface area contributed by atoms with E-state index in [2.05, 4.69) is 11.7 Å². The summed E-state index contributed by atoms with van der Waals surface area (Å²) in [5, 5.41) is 10.5. The molecule has 3 aromatic rings. The van der Waals surface area contributed by atoms with Gasteiger partial charge in [-0.2, -0.15) is 17.6 Å². The summed E-state index contributed by atoms with van der Waals surface area (Å²) in [6, 6.07) is 20.8. The summed E-state index contributed by atoms with van der Waals surface area (Å²) in [4.78, 5) is 1.89. The van der Waals surface area contributed by atoms with Gasteiger partial charge in [-0.1, -0.05) is 50.6 Å². The molecule has 194 valence electrons. The van der Waals surface area contributed by atoms with Crippen molar-refractivity contribution in [3.63, 3.8) is 0 Å². The number of ether oxygens (including phenoxy) is 2. The molecule has 1 N–H and O–H groups in total. The minimum Gasteiger partial charge on any atom is -0.457 e. The lowest BCUT2D eigenvalue weighted by molar-refractivity contribution is -0.253. The van der Waals surface area contributed by atoms with Crippen molar-refractivity contribution < 1.29 is 32.1 Å². The number of nitrogens with zero attached hydrogens (tertiary/aromatic N) is 1. The SMILES string of the molecule is CCCC(O)CN(Cc1cccc(OC(F)(F)C(F)F)c1)c1cccc(Oc2cccc(CC)c2)c1. The van der Waals surface area contributed by atoms with Crippen molar-refractivity contribution >= 4 is 5.69 Å². The van der Waals surface area contributed by atoms with Gasteiger partial charge in [-0.15, -0.1) is 0 Å². The van der Waals surface area contributed by atoms with Gasteiger partial charge in [0.05, 0.1) is 6.10 Å². The van der Waals surface area contributed by atoms with Crippen LogP contribution in [0.4, 0.5) is 23.2 Å². The van der Waals surface area contributed by atoms with E-state index in [4.69, 9.17) is 4.74 Å². The zero-order chi connectivity index (χ0) is 26.1. The monoisotopic (exact) mass is 505 g/mol. The first-order valence-corrected chi connectivity index (χ1v) is 11.9. The van der Waals surface area contributed by atoms with Crippen molar-refractivity contribution in [3.8, 4) is 17.2 Å². The van der Waals surface area contributed by atoms with E-state index >= 15 is 0 Å². The van der Waals surface area contributed by atoms with E-state index in [0.717, 1.165) is 24.1 Å².